The average Bonchev–Trinajstić information content (AvgIpc) is 3.46. The normalized spacial score (nSPS) is 16.3. The highest BCUT2D eigenvalue weighted by Gasteiger charge is 2.42. The van der Waals surface area contributed by atoms with Crippen LogP contribution in [0.2, 0.25) is 0 Å². The van der Waals surface area contributed by atoms with Crippen molar-refractivity contribution in [2.75, 3.05) is 25.0 Å². The van der Waals surface area contributed by atoms with Crippen LogP contribution in [-0.2, 0) is 29.6 Å². The summed E-state index contributed by atoms with van der Waals surface area (Å²) in [6.45, 7) is 14.2. The molecule has 0 unspecified atom stereocenters. The summed E-state index contributed by atoms with van der Waals surface area (Å²) < 4.78 is 68.2. The molecule has 0 aliphatic carbocycles. The van der Waals surface area contributed by atoms with Gasteiger partial charge in [0.2, 0.25) is 4.91 Å². The van der Waals surface area contributed by atoms with Gasteiger partial charge in [0.05, 0.1) is 18.3 Å². The lowest BCUT2D eigenvalue weighted by Gasteiger charge is -2.31. The number of carbonyl (C=O) groups is 1. The molecule has 1 aliphatic heterocycles. The fraction of sp³-hybridized carbons (Fsp3) is 0.520. The van der Waals surface area contributed by atoms with Crippen LogP contribution in [0.15, 0.2) is 35.8 Å². The van der Waals surface area contributed by atoms with E-state index < -0.39 is 48.1 Å². The first kappa shape index (κ1) is 31.6. The number of nitrogens with one attached hydrogen (secondary N) is 2. The minimum atomic E-state index is -4.53. The molecule has 0 saturated heterocycles. The van der Waals surface area contributed by atoms with Gasteiger partial charge in [-0.3, -0.25) is 0 Å². The van der Waals surface area contributed by atoms with E-state index in [9.17, 15) is 26.7 Å². The SMILES string of the molecule is CCOC(=O)C1=C(Nc2c(C)sc(S(=O)(=O)N(CC)CC)c2O)C(N[C@@H](c2ccc(C)o2)C(C)(C)C)=NS1(=O)=O. The number of sulfonamides is 2. The van der Waals surface area contributed by atoms with Crippen LogP contribution < -0.4 is 10.6 Å². The van der Waals surface area contributed by atoms with Gasteiger partial charge in [-0.1, -0.05) is 34.6 Å². The van der Waals surface area contributed by atoms with E-state index in [1.807, 2.05) is 20.8 Å². The molecule has 1 atom stereocenters. The van der Waals surface area contributed by atoms with Crippen molar-refractivity contribution in [3.05, 3.63) is 39.1 Å². The molecule has 0 saturated carbocycles. The minimum Gasteiger partial charge on any atom is -0.504 e. The van der Waals surface area contributed by atoms with Crippen molar-refractivity contribution in [1.82, 2.24) is 9.62 Å². The molecule has 12 nitrogen and oxygen atoms in total. The molecule has 3 rings (SSSR count). The number of anilines is 1. The third-order valence-electron chi connectivity index (χ3n) is 6.14. The molecule has 0 aromatic carbocycles. The maximum absolute atomic E-state index is 13.2. The second-order valence-corrected chi connectivity index (χ2v) is 15.0. The summed E-state index contributed by atoms with van der Waals surface area (Å²) in [6, 6.07) is 2.93. The third-order valence-corrected chi connectivity index (χ3v) is 11.1. The molecule has 0 radical (unpaired) electrons. The molecule has 2 aromatic heterocycles. The zero-order valence-corrected chi connectivity index (χ0v) is 26.2. The number of hydrogen-bond acceptors (Lipinski definition) is 11. The van der Waals surface area contributed by atoms with E-state index in [0.717, 1.165) is 11.3 Å². The van der Waals surface area contributed by atoms with Crippen molar-refractivity contribution in [3.8, 4) is 5.75 Å². The first-order chi connectivity index (χ1) is 18.5. The average molecular weight is 617 g/mol. The van der Waals surface area contributed by atoms with Crippen LogP contribution >= 0.6 is 11.3 Å². The number of rotatable bonds is 10. The van der Waals surface area contributed by atoms with Crippen LogP contribution in [0.5, 0.6) is 5.75 Å². The molecule has 0 fully saturated rings. The number of carbonyl (C=O) groups excluding carboxylic acids is 1. The summed E-state index contributed by atoms with van der Waals surface area (Å²) in [4.78, 5) is 12.5. The number of aryl methyl sites for hydroxylation is 2. The Labute approximate surface area is 239 Å². The highest BCUT2D eigenvalue weighted by molar-refractivity contribution is 7.95. The number of furan rings is 1. The van der Waals surface area contributed by atoms with E-state index in [0.29, 0.717) is 16.4 Å². The van der Waals surface area contributed by atoms with Gasteiger partial charge in [0, 0.05) is 18.0 Å². The molecule has 1 aliphatic rings. The van der Waals surface area contributed by atoms with Crippen molar-refractivity contribution in [3.63, 3.8) is 0 Å². The van der Waals surface area contributed by atoms with Gasteiger partial charge in [-0.05, 0) is 38.3 Å². The van der Waals surface area contributed by atoms with Gasteiger partial charge in [0.25, 0.3) is 20.0 Å². The van der Waals surface area contributed by atoms with E-state index in [4.69, 9.17) is 9.15 Å². The predicted octanol–water partition coefficient (Wildman–Crippen LogP) is 4.00. The quantitative estimate of drug-likeness (QED) is 0.332. The van der Waals surface area contributed by atoms with Gasteiger partial charge in [-0.25, -0.2) is 13.2 Å². The molecule has 0 bridgehead atoms. The lowest BCUT2D eigenvalue weighted by Crippen LogP contribution is -2.38. The Bertz CT molecular complexity index is 1560. The standard InChI is InChI=1S/C25H36N4O8S3/c1-9-29(10-2)40(34,35)24-19(30)17(15(5)38-24)26-18-20(23(31)36-11-3)39(32,33)28-22(18)27-21(25(6,7)8)16-13-12-14(4)37-16/h12-13,21,26,30H,9-11H2,1-8H3,(H,27,28)/t21-/m0/s1. The minimum absolute atomic E-state index is 0.0692. The number of hydrogen-bond donors (Lipinski definition) is 3. The molecule has 0 amide bonds. The highest BCUT2D eigenvalue weighted by atomic mass is 32.2. The number of amidine groups is 1. The molecule has 2 aromatic rings. The number of esters is 1. The van der Waals surface area contributed by atoms with Gasteiger partial charge >= 0.3 is 5.97 Å². The Balaban J connectivity index is 2.19. The van der Waals surface area contributed by atoms with Crippen LogP contribution in [0.25, 0.3) is 0 Å². The van der Waals surface area contributed by atoms with Crippen molar-refractivity contribution in [2.24, 2.45) is 9.81 Å². The molecule has 3 N–H and O–H groups in total. The lowest BCUT2D eigenvalue weighted by atomic mass is 9.85. The number of aromatic hydroxyl groups is 1. The zero-order valence-electron chi connectivity index (χ0n) is 23.8. The Hall–Kier alpha value is -2.88. The maximum Gasteiger partial charge on any atom is 0.354 e. The largest absolute Gasteiger partial charge is 0.504 e. The predicted molar refractivity (Wildman–Crippen MR) is 153 cm³/mol. The lowest BCUT2D eigenvalue weighted by molar-refractivity contribution is -0.137. The van der Waals surface area contributed by atoms with Gasteiger partial charge in [0.1, 0.15) is 17.2 Å². The Morgan fingerprint density at radius 3 is 2.33 bits per heavy atom. The van der Waals surface area contributed by atoms with Crippen LogP contribution in [0, 0.1) is 19.3 Å². The van der Waals surface area contributed by atoms with Gasteiger partial charge in [-0.2, -0.15) is 12.7 Å². The van der Waals surface area contributed by atoms with Crippen LogP contribution in [0.3, 0.4) is 0 Å². The summed E-state index contributed by atoms with van der Waals surface area (Å²) in [5, 5.41) is 17.0. The Morgan fingerprint density at radius 1 is 1.20 bits per heavy atom. The summed E-state index contributed by atoms with van der Waals surface area (Å²) in [7, 11) is -8.57. The third kappa shape index (κ3) is 6.06. The molecular weight excluding hydrogens is 580 g/mol. The topological polar surface area (TPSA) is 168 Å². The van der Waals surface area contributed by atoms with E-state index in [1.165, 1.54) is 11.2 Å². The van der Waals surface area contributed by atoms with Crippen molar-refractivity contribution in [1.29, 1.82) is 0 Å². The van der Waals surface area contributed by atoms with Crippen LogP contribution in [0.1, 0.15) is 64.0 Å². The highest BCUT2D eigenvalue weighted by Crippen LogP contribution is 2.44. The van der Waals surface area contributed by atoms with Crippen LogP contribution in [0.4, 0.5) is 5.69 Å². The molecule has 40 heavy (non-hydrogen) atoms. The molecular formula is C25H36N4O8S3. The van der Waals surface area contributed by atoms with Crippen LogP contribution in [-0.4, -0.2) is 57.7 Å². The summed E-state index contributed by atoms with van der Waals surface area (Å²) >= 11 is 0.824. The smallest absolute Gasteiger partial charge is 0.354 e. The Morgan fingerprint density at radius 2 is 1.82 bits per heavy atom. The molecule has 15 heteroatoms. The molecule has 0 spiro atoms. The van der Waals surface area contributed by atoms with Gasteiger partial charge in [-0.15, -0.1) is 15.7 Å². The van der Waals surface area contributed by atoms with Gasteiger partial charge in [0.15, 0.2) is 15.8 Å². The van der Waals surface area contributed by atoms with Crippen molar-refractivity contribution < 1.29 is 35.9 Å². The monoisotopic (exact) mass is 616 g/mol. The fourth-order valence-electron chi connectivity index (χ4n) is 4.16. The molecule has 222 valence electrons. The zero-order chi connectivity index (χ0) is 30.2. The summed E-state index contributed by atoms with van der Waals surface area (Å²) in [6.07, 6.45) is 0. The number of nitrogens with zero attached hydrogens (tertiary/aromatic N) is 2. The Kier molecular flexibility index (Phi) is 9.13. The first-order valence-corrected chi connectivity index (χ1v) is 16.4. The number of thiophene rings is 1. The van der Waals surface area contributed by atoms with Crippen molar-refractivity contribution >= 4 is 48.9 Å². The maximum atomic E-state index is 13.2. The summed E-state index contributed by atoms with van der Waals surface area (Å²) in [5.74, 6) is -0.793. The number of ether oxygens (including phenoxy) is 1. The van der Waals surface area contributed by atoms with E-state index in [1.54, 1.807) is 39.8 Å². The van der Waals surface area contributed by atoms with Crippen molar-refractivity contribution in [2.45, 2.75) is 65.6 Å². The second kappa shape index (κ2) is 11.5. The molecule has 3 heterocycles. The van der Waals surface area contributed by atoms with E-state index >= 15 is 0 Å². The van der Waals surface area contributed by atoms with Gasteiger partial charge < -0.3 is 24.9 Å². The first-order valence-electron chi connectivity index (χ1n) is 12.7. The fourth-order valence-corrected chi connectivity index (χ4v) is 8.41. The second-order valence-electron chi connectivity index (χ2n) is 10.1. The summed E-state index contributed by atoms with van der Waals surface area (Å²) in [5.41, 5.74) is -0.862. The van der Waals surface area contributed by atoms with E-state index in [-0.39, 0.29) is 41.1 Å². The van der Waals surface area contributed by atoms with E-state index in [2.05, 4.69) is 15.0 Å².